The third-order valence-corrected chi connectivity index (χ3v) is 21.5. The third kappa shape index (κ3) is 55.2. The quantitative estimate of drug-likeness (QED) is 0.0187. The fourth-order valence-electron chi connectivity index (χ4n) is 9.51. The van der Waals surface area contributed by atoms with Crippen LogP contribution >= 0.6 is 0 Å². The third-order valence-electron chi connectivity index (χ3n) is 14.4. The normalized spacial score (nSPS) is 11.7. The van der Waals surface area contributed by atoms with E-state index in [1.807, 2.05) is 0 Å². The van der Waals surface area contributed by atoms with E-state index in [0.717, 1.165) is 120 Å². The van der Waals surface area contributed by atoms with Crippen LogP contribution in [0.5, 0.6) is 0 Å². The molecule has 0 aliphatic carbocycles. The second-order valence-corrected chi connectivity index (χ2v) is 29.1. The Bertz CT molecular complexity index is 1400. The van der Waals surface area contributed by atoms with Gasteiger partial charge in [0.15, 0.2) is 0 Å². The molecule has 0 spiro atoms. The van der Waals surface area contributed by atoms with Crippen molar-refractivity contribution in [3.05, 3.63) is 36.5 Å². The summed E-state index contributed by atoms with van der Waals surface area (Å²) in [5.74, 6) is -5.37. The molecule has 0 saturated carbocycles. The van der Waals surface area contributed by atoms with Gasteiger partial charge in [0.05, 0.1) is 0 Å². The van der Waals surface area contributed by atoms with E-state index >= 15 is 0 Å². The van der Waals surface area contributed by atoms with E-state index < -0.39 is 55.4 Å². The maximum atomic E-state index is 13.5. The predicted molar refractivity (Wildman–Crippen MR) is 324 cm³/mol. The van der Waals surface area contributed by atoms with Gasteiger partial charge in [-0.15, -0.1) is 0 Å². The van der Waals surface area contributed by atoms with Gasteiger partial charge in [0.2, 0.25) is 0 Å². The van der Waals surface area contributed by atoms with Gasteiger partial charge in [-0.25, -0.2) is 0 Å². The second-order valence-electron chi connectivity index (χ2n) is 22.0. The molecule has 0 fully saturated rings. The molecule has 0 rings (SSSR count). The number of rotatable bonds is 59. The fourth-order valence-corrected chi connectivity index (χ4v) is 15.9. The first kappa shape index (κ1) is 75.8. The van der Waals surface area contributed by atoms with Crippen molar-refractivity contribution in [1.82, 2.24) is 0 Å². The van der Waals surface area contributed by atoms with Crippen LogP contribution in [-0.2, 0) is 52.2 Å². The number of ether oxygens (including phenoxy) is 3. The van der Waals surface area contributed by atoms with Crippen molar-refractivity contribution in [2.75, 3.05) is 19.8 Å². The molecule has 0 radical (unpaired) electrons. The monoisotopic (exact) mass is 1220 g/mol. The van der Waals surface area contributed by atoms with E-state index in [9.17, 15) is 28.8 Å². The molecule has 13 heteroatoms. The fraction of sp³-hybridized carbons (Fsp3) is 0.818. The Morgan fingerprint density at radius 1 is 0.228 bits per heavy atom. The number of hydrogen-bond acceptors (Lipinski definition) is 12. The number of unbranched alkanes of at least 4 members (excludes halogenated alkanes) is 42. The summed E-state index contributed by atoms with van der Waals surface area (Å²) in [6.45, 7) is 9.51. The number of hydrogen-bond donors (Lipinski definition) is 0. The molecule has 0 aromatic heterocycles. The molecule has 0 amide bonds. The Hall–Kier alpha value is -3.16. The van der Waals surface area contributed by atoms with Crippen LogP contribution < -0.4 is 0 Å². The molecule has 0 unspecified atom stereocenters. The smallest absolute Gasteiger partial charge is 0.0654 e. The molecular formula is C66H118O12Sn. The van der Waals surface area contributed by atoms with E-state index in [-0.39, 0.29) is 24.3 Å². The van der Waals surface area contributed by atoms with E-state index in [4.69, 9.17) is 23.4 Å². The molecule has 12 nitrogen and oxygen atoms in total. The van der Waals surface area contributed by atoms with Crippen molar-refractivity contribution >= 4 is 55.4 Å². The summed E-state index contributed by atoms with van der Waals surface area (Å²) in [4.78, 5) is 78.6. The van der Waals surface area contributed by atoms with Crippen molar-refractivity contribution in [2.45, 2.75) is 327 Å². The summed E-state index contributed by atoms with van der Waals surface area (Å²) < 4.78 is 33.5. The molecule has 0 aromatic rings. The van der Waals surface area contributed by atoms with Gasteiger partial charge < -0.3 is 0 Å². The average Bonchev–Trinajstić information content (AvgIpc) is 3.43. The van der Waals surface area contributed by atoms with Gasteiger partial charge in [0.1, 0.15) is 0 Å². The van der Waals surface area contributed by atoms with Crippen molar-refractivity contribution in [3.8, 4) is 0 Å². The maximum absolute atomic E-state index is 13.5. The molecule has 0 aliphatic heterocycles. The molecule has 0 aliphatic rings. The van der Waals surface area contributed by atoms with Gasteiger partial charge in [-0.05, 0) is 0 Å². The van der Waals surface area contributed by atoms with Gasteiger partial charge in [-0.1, -0.05) is 156 Å². The number of esters is 3. The zero-order valence-electron chi connectivity index (χ0n) is 51.2. The predicted octanol–water partition coefficient (Wildman–Crippen LogP) is 18.9. The van der Waals surface area contributed by atoms with Crippen LogP contribution in [0.2, 0.25) is 4.44 Å². The van der Waals surface area contributed by atoms with Crippen molar-refractivity contribution in [3.63, 3.8) is 0 Å². The van der Waals surface area contributed by atoms with Crippen LogP contribution in [0, 0.1) is 0 Å². The molecule has 0 aromatic carbocycles. The van der Waals surface area contributed by atoms with Crippen LogP contribution in [0.3, 0.4) is 0 Å². The Balaban J connectivity index is 5.72. The Morgan fingerprint density at radius 2 is 0.392 bits per heavy atom. The van der Waals surface area contributed by atoms with Crippen LogP contribution in [0.4, 0.5) is 0 Å². The van der Waals surface area contributed by atoms with Gasteiger partial charge >= 0.3 is 336 Å². The number of carbonyl (C=O) groups excluding carboxylic acids is 6. The zero-order chi connectivity index (χ0) is 57.8. The van der Waals surface area contributed by atoms with Gasteiger partial charge in [-0.2, -0.15) is 0 Å². The molecule has 458 valence electrons. The zero-order valence-corrected chi connectivity index (χ0v) is 54.1. The van der Waals surface area contributed by atoms with Crippen molar-refractivity contribution in [2.24, 2.45) is 0 Å². The van der Waals surface area contributed by atoms with Gasteiger partial charge in [0, 0.05) is 0 Å². The molecular weight excluding hydrogens is 1100 g/mol. The topological polar surface area (TPSA) is 158 Å². The molecule has 0 bridgehead atoms. The Kier molecular flexibility index (Phi) is 57.1. The molecule has 0 heterocycles. The molecule has 0 atom stereocenters. The minimum Gasteiger partial charge on any atom is -0.0654 e. The van der Waals surface area contributed by atoms with E-state index in [2.05, 4.69) is 27.7 Å². The first-order valence-corrected chi connectivity index (χ1v) is 38.4. The molecule has 0 N–H and O–H groups in total. The van der Waals surface area contributed by atoms with Crippen LogP contribution in [0.15, 0.2) is 36.5 Å². The van der Waals surface area contributed by atoms with Crippen LogP contribution in [0.25, 0.3) is 0 Å². The summed E-state index contributed by atoms with van der Waals surface area (Å²) >= 11 is -5.66. The van der Waals surface area contributed by atoms with Crippen molar-refractivity contribution < 1.29 is 52.2 Å². The first-order chi connectivity index (χ1) is 38.6. The summed E-state index contributed by atoms with van der Waals surface area (Å²) in [6, 6.07) is 0. The Morgan fingerprint density at radius 3 is 0.595 bits per heavy atom. The van der Waals surface area contributed by atoms with Gasteiger partial charge in [-0.3, -0.25) is 0 Å². The first-order valence-electron chi connectivity index (χ1n) is 32.8. The van der Waals surface area contributed by atoms with Gasteiger partial charge in [0.25, 0.3) is 0 Å². The molecule has 79 heavy (non-hydrogen) atoms. The Labute approximate surface area is 488 Å². The van der Waals surface area contributed by atoms with E-state index in [1.54, 1.807) is 0 Å². The average molecular weight is 1220 g/mol. The van der Waals surface area contributed by atoms with Crippen LogP contribution in [0.1, 0.15) is 323 Å². The minimum atomic E-state index is -5.66. The number of carbonyl (C=O) groups is 6. The minimum absolute atomic E-state index is 0.0554. The SMILES string of the molecule is CCCCCCCCCCCCCCOC(=O)/C=C\C(=O)[O][Sn]([CH2]CCCCCCCCCCC)([O]C(=O)/C=C\C(=O)OCCCCCCCCCCCCCC)[O]C(=O)/C=C\C(=O)OCCCCCCCCCCCCCC. The van der Waals surface area contributed by atoms with E-state index in [1.165, 1.54) is 180 Å². The summed E-state index contributed by atoms with van der Waals surface area (Å²) in [7, 11) is 0. The summed E-state index contributed by atoms with van der Waals surface area (Å²) in [5, 5.41) is 0. The summed E-state index contributed by atoms with van der Waals surface area (Å²) in [5.41, 5.74) is 0. The van der Waals surface area contributed by atoms with Crippen molar-refractivity contribution in [1.29, 1.82) is 0 Å². The molecule has 0 saturated heterocycles. The summed E-state index contributed by atoms with van der Waals surface area (Å²) in [6.07, 6.45) is 57.8. The standard InChI is InChI=1S/3C18H32O4.C12H25.Sn/c3*1-2-3-4-5-6-7-8-9-10-11-12-13-16-22-18(21)15-14-17(19)20;1-3-5-7-9-11-12-10-8-6-4-2;/h3*14-15H,2-13,16H2,1H3,(H,19,20);1,3-12H2,2H3;/q;;;;+3/p-3/b3*15-14-;;. The van der Waals surface area contributed by atoms with Crippen LogP contribution in [-0.4, -0.2) is 75.3 Å². The second kappa shape index (κ2) is 59.5. The van der Waals surface area contributed by atoms with E-state index in [0.29, 0.717) is 32.1 Å².